The number of alkyl halides is 3. The highest BCUT2D eigenvalue weighted by atomic mass is 32.1. The molecule has 2 aromatic heterocycles. The van der Waals surface area contributed by atoms with Crippen LogP contribution >= 0.6 is 11.3 Å². The predicted octanol–water partition coefficient (Wildman–Crippen LogP) is 2.70. The van der Waals surface area contributed by atoms with Gasteiger partial charge in [-0.3, -0.25) is 4.79 Å². The molecule has 0 unspecified atom stereocenters. The number of carbonyl (C=O) groups is 1. The zero-order valence-electron chi connectivity index (χ0n) is 8.82. The van der Waals surface area contributed by atoms with Crippen LogP contribution in [0, 0.1) is 0 Å². The summed E-state index contributed by atoms with van der Waals surface area (Å²) in [5, 5.41) is 6.95. The Morgan fingerprint density at radius 1 is 1.50 bits per heavy atom. The maximum Gasteiger partial charge on any atom is 0.405 e. The Morgan fingerprint density at radius 2 is 2.28 bits per heavy atom. The molecule has 0 aliphatic heterocycles. The minimum Gasteiger partial charge on any atom is -0.355 e. The van der Waals surface area contributed by atoms with Gasteiger partial charge in [0.25, 0.3) is 5.91 Å². The van der Waals surface area contributed by atoms with Crippen molar-refractivity contribution in [1.29, 1.82) is 0 Å². The topological polar surface area (TPSA) is 55.1 Å². The highest BCUT2D eigenvalue weighted by Crippen LogP contribution is 2.25. The van der Waals surface area contributed by atoms with E-state index in [2.05, 4.69) is 5.16 Å². The Bertz CT molecular complexity index is 534. The molecular weight excluding hydrogens is 269 g/mol. The monoisotopic (exact) mass is 276 g/mol. The van der Waals surface area contributed by atoms with Gasteiger partial charge in [0.1, 0.15) is 6.54 Å². The number of rotatable bonds is 3. The van der Waals surface area contributed by atoms with E-state index in [9.17, 15) is 18.0 Å². The molecule has 0 bridgehead atoms. The first kappa shape index (κ1) is 12.6. The highest BCUT2D eigenvalue weighted by Gasteiger charge is 2.28. The quantitative estimate of drug-likeness (QED) is 0.937. The van der Waals surface area contributed by atoms with Crippen molar-refractivity contribution in [2.75, 3.05) is 6.54 Å². The Kier molecular flexibility index (Phi) is 3.37. The van der Waals surface area contributed by atoms with Crippen molar-refractivity contribution in [3.8, 4) is 10.6 Å². The van der Waals surface area contributed by atoms with Crippen LogP contribution in [0.15, 0.2) is 28.1 Å². The summed E-state index contributed by atoms with van der Waals surface area (Å²) in [6.45, 7) is -1.40. The first-order valence-electron chi connectivity index (χ1n) is 4.81. The molecule has 2 heterocycles. The summed E-state index contributed by atoms with van der Waals surface area (Å²) in [5.74, 6) is -0.568. The van der Waals surface area contributed by atoms with Crippen LogP contribution in [0.4, 0.5) is 13.2 Å². The Morgan fingerprint density at radius 3 is 2.89 bits per heavy atom. The molecule has 0 aliphatic carbocycles. The number of amides is 1. The van der Waals surface area contributed by atoms with E-state index in [1.165, 1.54) is 17.4 Å². The van der Waals surface area contributed by atoms with Crippen molar-refractivity contribution in [3.05, 3.63) is 29.3 Å². The van der Waals surface area contributed by atoms with E-state index in [1.807, 2.05) is 0 Å². The summed E-state index contributed by atoms with van der Waals surface area (Å²) in [5.41, 5.74) is -0.178. The molecule has 0 spiro atoms. The van der Waals surface area contributed by atoms with Crippen LogP contribution in [-0.4, -0.2) is 23.8 Å². The number of aromatic nitrogens is 1. The van der Waals surface area contributed by atoms with Crippen LogP contribution < -0.4 is 5.32 Å². The molecule has 18 heavy (non-hydrogen) atoms. The van der Waals surface area contributed by atoms with E-state index in [1.54, 1.807) is 22.8 Å². The molecule has 1 N–H and O–H groups in total. The maximum atomic E-state index is 11.9. The lowest BCUT2D eigenvalue weighted by molar-refractivity contribution is -0.123. The van der Waals surface area contributed by atoms with E-state index in [0.29, 0.717) is 5.76 Å². The second-order valence-corrected chi connectivity index (χ2v) is 4.30. The first-order valence-corrected chi connectivity index (χ1v) is 5.69. The summed E-state index contributed by atoms with van der Waals surface area (Å²) < 4.78 is 40.6. The number of nitrogens with zero attached hydrogens (tertiary/aromatic N) is 1. The third kappa shape index (κ3) is 3.10. The average molecular weight is 276 g/mol. The second kappa shape index (κ2) is 4.81. The fraction of sp³-hybridized carbons (Fsp3) is 0.200. The molecule has 0 aliphatic rings. The van der Waals surface area contributed by atoms with Gasteiger partial charge >= 0.3 is 6.18 Å². The fourth-order valence-corrected chi connectivity index (χ4v) is 1.86. The standard InChI is InChI=1S/C10H7F3N2O2S/c11-10(12,13)5-14-9(16)6-4-7(17-15-6)8-2-1-3-18-8/h1-4H,5H2,(H,14,16). The smallest absolute Gasteiger partial charge is 0.355 e. The van der Waals surface area contributed by atoms with Crippen LogP contribution in [0.1, 0.15) is 10.5 Å². The number of carbonyl (C=O) groups excluding carboxylic acids is 1. The van der Waals surface area contributed by atoms with Crippen molar-refractivity contribution in [3.63, 3.8) is 0 Å². The third-order valence-electron chi connectivity index (χ3n) is 1.96. The lowest BCUT2D eigenvalue weighted by Crippen LogP contribution is -2.33. The van der Waals surface area contributed by atoms with Gasteiger partial charge in [-0.15, -0.1) is 11.3 Å². The molecule has 0 saturated heterocycles. The molecule has 0 saturated carbocycles. The van der Waals surface area contributed by atoms with Crippen molar-refractivity contribution in [2.24, 2.45) is 0 Å². The number of hydrogen-bond donors (Lipinski definition) is 1. The third-order valence-corrected chi connectivity index (χ3v) is 2.84. The summed E-state index contributed by atoms with van der Waals surface area (Å²) in [6.07, 6.45) is -4.45. The molecule has 0 aromatic carbocycles. The minimum atomic E-state index is -4.45. The van der Waals surface area contributed by atoms with E-state index < -0.39 is 18.6 Å². The largest absolute Gasteiger partial charge is 0.405 e. The maximum absolute atomic E-state index is 11.9. The lowest BCUT2D eigenvalue weighted by atomic mass is 10.3. The zero-order valence-corrected chi connectivity index (χ0v) is 9.64. The second-order valence-electron chi connectivity index (χ2n) is 3.35. The first-order chi connectivity index (χ1) is 8.46. The molecule has 0 atom stereocenters. The minimum absolute atomic E-state index is 0.178. The predicted molar refractivity (Wildman–Crippen MR) is 58.2 cm³/mol. The van der Waals surface area contributed by atoms with Crippen molar-refractivity contribution < 1.29 is 22.5 Å². The van der Waals surface area contributed by atoms with Crippen LogP contribution in [0.25, 0.3) is 10.6 Å². The van der Waals surface area contributed by atoms with Gasteiger partial charge in [0.05, 0.1) is 4.88 Å². The summed E-state index contributed by atoms with van der Waals surface area (Å²) in [7, 11) is 0. The van der Waals surface area contributed by atoms with Gasteiger partial charge in [-0.25, -0.2) is 0 Å². The highest BCUT2D eigenvalue weighted by molar-refractivity contribution is 7.13. The van der Waals surface area contributed by atoms with Gasteiger partial charge in [0.15, 0.2) is 11.5 Å². The molecular formula is C10H7F3N2O2S. The Labute approximate surface area is 103 Å². The Balaban J connectivity index is 2.04. The van der Waals surface area contributed by atoms with Gasteiger partial charge in [0.2, 0.25) is 0 Å². The van der Waals surface area contributed by atoms with E-state index >= 15 is 0 Å². The number of halogens is 3. The molecule has 2 rings (SSSR count). The van der Waals surface area contributed by atoms with Gasteiger partial charge in [0, 0.05) is 6.07 Å². The molecule has 1 amide bonds. The van der Waals surface area contributed by atoms with Crippen LogP contribution in [0.3, 0.4) is 0 Å². The van der Waals surface area contributed by atoms with E-state index in [-0.39, 0.29) is 5.69 Å². The lowest BCUT2D eigenvalue weighted by Gasteiger charge is -2.05. The molecule has 0 radical (unpaired) electrons. The molecule has 8 heteroatoms. The summed E-state index contributed by atoms with van der Waals surface area (Å²) >= 11 is 1.37. The van der Waals surface area contributed by atoms with Crippen LogP contribution in [0.5, 0.6) is 0 Å². The zero-order chi connectivity index (χ0) is 13.2. The van der Waals surface area contributed by atoms with Crippen molar-refractivity contribution >= 4 is 17.2 Å². The Hall–Kier alpha value is -1.83. The van der Waals surface area contributed by atoms with Crippen molar-refractivity contribution in [2.45, 2.75) is 6.18 Å². The number of thiophene rings is 1. The number of hydrogen-bond acceptors (Lipinski definition) is 4. The fourth-order valence-electron chi connectivity index (χ4n) is 1.19. The van der Waals surface area contributed by atoms with Crippen LogP contribution in [0.2, 0.25) is 0 Å². The molecule has 96 valence electrons. The number of nitrogens with one attached hydrogen (secondary N) is 1. The molecule has 0 fully saturated rings. The normalized spacial score (nSPS) is 11.5. The van der Waals surface area contributed by atoms with E-state index in [0.717, 1.165) is 4.88 Å². The van der Waals surface area contributed by atoms with E-state index in [4.69, 9.17) is 4.52 Å². The van der Waals surface area contributed by atoms with Gasteiger partial charge in [-0.1, -0.05) is 11.2 Å². The summed E-state index contributed by atoms with van der Waals surface area (Å²) in [6, 6.07) is 4.84. The van der Waals surface area contributed by atoms with Gasteiger partial charge in [-0.2, -0.15) is 13.2 Å². The SMILES string of the molecule is O=C(NCC(F)(F)F)c1cc(-c2cccs2)on1. The van der Waals surface area contributed by atoms with Crippen LogP contribution in [-0.2, 0) is 0 Å². The van der Waals surface area contributed by atoms with Gasteiger partial charge < -0.3 is 9.84 Å². The summed E-state index contributed by atoms with van der Waals surface area (Å²) in [4.78, 5) is 12.1. The van der Waals surface area contributed by atoms with Crippen molar-refractivity contribution in [1.82, 2.24) is 10.5 Å². The molecule has 4 nitrogen and oxygen atoms in total. The molecule has 2 aromatic rings. The van der Waals surface area contributed by atoms with Gasteiger partial charge in [-0.05, 0) is 11.4 Å². The average Bonchev–Trinajstić information content (AvgIpc) is 2.94.